The van der Waals surface area contributed by atoms with Gasteiger partial charge in [-0.05, 0) is 65.9 Å². The third-order valence-electron chi connectivity index (χ3n) is 6.18. The highest BCUT2D eigenvalue weighted by molar-refractivity contribution is 7.99. The molecule has 2 N–H and O–H groups in total. The number of anilines is 2. The van der Waals surface area contributed by atoms with Crippen LogP contribution >= 0.6 is 11.3 Å². The number of hydrogen-bond donors (Lipinski definition) is 2. The molecule has 5 rings (SSSR count). The molecule has 0 fully saturated rings. The number of aromatic nitrogens is 1. The molecule has 1 amide bonds. The van der Waals surface area contributed by atoms with Crippen LogP contribution in [0.5, 0.6) is 0 Å². The first kappa shape index (κ1) is 24.3. The van der Waals surface area contributed by atoms with Gasteiger partial charge in [0, 0.05) is 16.0 Å². The molecule has 0 saturated carbocycles. The summed E-state index contributed by atoms with van der Waals surface area (Å²) in [4.78, 5) is 18.4. The number of benzene rings is 3. The van der Waals surface area contributed by atoms with Crippen LogP contribution in [0, 0.1) is 19.7 Å². The van der Waals surface area contributed by atoms with E-state index in [1.54, 1.807) is 28.6 Å². The second-order valence-electron chi connectivity index (χ2n) is 8.74. The standard InChI is InChI=1S/C27H24FN3O3S2/c1-17-6-3-4-9-24(17)36(33,34)31-13-12-20-16-21(10-11-23(20)31)26-18(2)35-27(30-26)29-25(32)15-19-7-5-8-22(28)14-19/h3-11,14,16H,12-13,15H2,1-2H3,(H-,29,30,32,33,34)/p+1. The maximum Gasteiger partial charge on any atom is 0.348 e. The van der Waals surface area contributed by atoms with Crippen LogP contribution in [0.25, 0.3) is 11.3 Å². The number of thiazole rings is 1. The Hall–Kier alpha value is -3.40. The Balaban J connectivity index is 1.36. The predicted octanol–water partition coefficient (Wildman–Crippen LogP) is 6.06. The maximum atomic E-state index is 13.4. The zero-order chi connectivity index (χ0) is 25.4. The number of aryl methyl sites for hydroxylation is 2. The van der Waals surface area contributed by atoms with Gasteiger partial charge >= 0.3 is 10.4 Å². The first-order valence-electron chi connectivity index (χ1n) is 11.5. The molecule has 0 bridgehead atoms. The van der Waals surface area contributed by atoms with E-state index in [2.05, 4.69) is 10.3 Å². The molecule has 9 heteroatoms. The van der Waals surface area contributed by atoms with Gasteiger partial charge in [-0.1, -0.05) is 36.4 Å². The number of fused-ring (bicyclic) bond motifs is 1. The number of nitrogens with one attached hydrogen (secondary N) is 1. The summed E-state index contributed by atoms with van der Waals surface area (Å²) in [6, 6.07) is 18.9. The fourth-order valence-corrected chi connectivity index (χ4v) is 7.08. The van der Waals surface area contributed by atoms with Crippen LogP contribution < -0.4 is 9.62 Å². The van der Waals surface area contributed by atoms with Crippen LogP contribution in [0.15, 0.2) is 71.6 Å². The summed E-state index contributed by atoms with van der Waals surface area (Å²) in [6.07, 6.45) is 0.703. The van der Waals surface area contributed by atoms with Gasteiger partial charge in [-0.15, -0.1) is 11.3 Å². The van der Waals surface area contributed by atoms with E-state index in [0.717, 1.165) is 32.9 Å². The van der Waals surface area contributed by atoms with E-state index in [-0.39, 0.29) is 18.1 Å². The number of carbonyl (C=O) groups excluding carboxylic acids is 1. The Kier molecular flexibility index (Phi) is 6.46. The molecule has 0 radical (unpaired) electrons. The predicted molar refractivity (Wildman–Crippen MR) is 142 cm³/mol. The molecule has 184 valence electrons. The van der Waals surface area contributed by atoms with Crippen LogP contribution in [-0.4, -0.2) is 22.0 Å². The molecule has 1 atom stereocenters. The first-order valence-corrected chi connectivity index (χ1v) is 13.8. The van der Waals surface area contributed by atoms with Gasteiger partial charge in [0.1, 0.15) is 5.82 Å². The minimum absolute atomic E-state index is 0.0573. The van der Waals surface area contributed by atoms with Crippen LogP contribution in [0.1, 0.15) is 21.6 Å². The van der Waals surface area contributed by atoms with Crippen molar-refractivity contribution in [1.82, 2.24) is 4.98 Å². The van der Waals surface area contributed by atoms with E-state index in [1.807, 2.05) is 44.2 Å². The Morgan fingerprint density at radius 3 is 2.72 bits per heavy atom. The molecule has 1 unspecified atom stereocenters. The van der Waals surface area contributed by atoms with Crippen LogP contribution in [0.4, 0.5) is 15.2 Å². The quantitative estimate of drug-likeness (QED) is 0.302. The van der Waals surface area contributed by atoms with Gasteiger partial charge in [0.05, 0.1) is 24.3 Å². The minimum Gasteiger partial charge on any atom is -0.302 e. The summed E-state index contributed by atoms with van der Waals surface area (Å²) in [7, 11) is -3.41. The number of rotatable bonds is 6. The summed E-state index contributed by atoms with van der Waals surface area (Å²) in [5, 5.41) is 3.29. The third-order valence-corrected chi connectivity index (χ3v) is 9.08. The van der Waals surface area contributed by atoms with Gasteiger partial charge in [0.2, 0.25) is 10.8 Å². The normalized spacial score (nSPS) is 14.4. The summed E-state index contributed by atoms with van der Waals surface area (Å²) in [6.45, 7) is 4.22. The topological polar surface area (TPSA) is 82.5 Å². The van der Waals surface area contributed by atoms with Crippen LogP contribution in [0.2, 0.25) is 0 Å². The van der Waals surface area contributed by atoms with Crippen molar-refractivity contribution in [2.75, 3.05) is 16.2 Å². The lowest BCUT2D eigenvalue weighted by atomic mass is 10.1. The molecule has 36 heavy (non-hydrogen) atoms. The van der Waals surface area contributed by atoms with Gasteiger partial charge < -0.3 is 5.32 Å². The van der Waals surface area contributed by atoms with Crippen molar-refractivity contribution >= 4 is 38.5 Å². The SMILES string of the molecule is Cc1ccccc1[S+](=O)(O)N1CCc2cc(-c3nc(NC(=O)Cc4cccc(F)c4)sc3C)ccc21. The maximum absolute atomic E-state index is 13.4. The van der Waals surface area contributed by atoms with Crippen molar-refractivity contribution in [3.05, 3.63) is 94.1 Å². The minimum atomic E-state index is -3.41. The van der Waals surface area contributed by atoms with Gasteiger partial charge in [-0.25, -0.2) is 9.37 Å². The lowest BCUT2D eigenvalue weighted by Crippen LogP contribution is -2.35. The second-order valence-corrected chi connectivity index (χ2v) is 11.8. The molecule has 2 heterocycles. The molecule has 0 spiro atoms. The van der Waals surface area contributed by atoms with Gasteiger partial charge in [0.25, 0.3) is 0 Å². The molecular formula is C27H25FN3O3S2+. The molecule has 6 nitrogen and oxygen atoms in total. The van der Waals surface area contributed by atoms with E-state index in [1.165, 1.54) is 23.5 Å². The first-order chi connectivity index (χ1) is 17.2. The summed E-state index contributed by atoms with van der Waals surface area (Å²) in [5.74, 6) is -0.641. The van der Waals surface area contributed by atoms with Crippen molar-refractivity contribution in [2.45, 2.75) is 31.6 Å². The highest BCUT2D eigenvalue weighted by atomic mass is 32.3. The molecule has 3 aromatic carbocycles. The number of amides is 1. The second kappa shape index (κ2) is 9.57. The molecule has 4 aromatic rings. The molecule has 1 aromatic heterocycles. The number of nitrogens with zero attached hydrogens (tertiary/aromatic N) is 2. The fourth-order valence-electron chi connectivity index (χ4n) is 4.46. The van der Waals surface area contributed by atoms with Crippen LogP contribution in [-0.2, 0) is 32.2 Å². The zero-order valence-electron chi connectivity index (χ0n) is 19.8. The van der Waals surface area contributed by atoms with E-state index in [0.29, 0.717) is 28.6 Å². The van der Waals surface area contributed by atoms with Crippen molar-refractivity contribution in [1.29, 1.82) is 0 Å². The molecule has 0 saturated heterocycles. The van der Waals surface area contributed by atoms with Crippen molar-refractivity contribution in [3.63, 3.8) is 0 Å². The Labute approximate surface area is 214 Å². The van der Waals surface area contributed by atoms with Crippen molar-refractivity contribution in [2.24, 2.45) is 0 Å². The van der Waals surface area contributed by atoms with E-state index in [9.17, 15) is 17.9 Å². The smallest absolute Gasteiger partial charge is 0.302 e. The summed E-state index contributed by atoms with van der Waals surface area (Å²) in [5.41, 5.74) is 4.73. The summed E-state index contributed by atoms with van der Waals surface area (Å²) < 4.78 is 39.5. The lowest BCUT2D eigenvalue weighted by Gasteiger charge is -2.18. The van der Waals surface area contributed by atoms with Gasteiger partial charge in [-0.2, -0.15) is 8.86 Å². The van der Waals surface area contributed by atoms with Crippen LogP contribution in [0.3, 0.4) is 0 Å². The molecular weight excluding hydrogens is 497 g/mol. The van der Waals surface area contributed by atoms with E-state index in [4.69, 9.17) is 0 Å². The van der Waals surface area contributed by atoms with E-state index < -0.39 is 10.4 Å². The molecule has 1 aliphatic heterocycles. The number of carbonyl (C=O) groups is 1. The summed E-state index contributed by atoms with van der Waals surface area (Å²) >= 11 is 1.37. The highest BCUT2D eigenvalue weighted by Gasteiger charge is 2.43. The van der Waals surface area contributed by atoms with Crippen molar-refractivity contribution in [3.8, 4) is 11.3 Å². The number of halogens is 1. The zero-order valence-corrected chi connectivity index (χ0v) is 21.5. The largest absolute Gasteiger partial charge is 0.348 e. The number of hydrogen-bond acceptors (Lipinski definition) is 4. The van der Waals surface area contributed by atoms with Crippen molar-refractivity contribution < 1.29 is 17.9 Å². The Morgan fingerprint density at radius 1 is 1.14 bits per heavy atom. The molecule has 0 aliphatic carbocycles. The highest BCUT2D eigenvalue weighted by Crippen LogP contribution is 2.39. The van der Waals surface area contributed by atoms with Gasteiger partial charge in [0.15, 0.2) is 5.13 Å². The fraction of sp³-hybridized carbons (Fsp3) is 0.185. The average molecular weight is 523 g/mol. The average Bonchev–Trinajstić information content (AvgIpc) is 3.42. The monoisotopic (exact) mass is 522 g/mol. The lowest BCUT2D eigenvalue weighted by molar-refractivity contribution is -0.115. The Bertz CT molecular complexity index is 1520. The molecule has 1 aliphatic rings. The van der Waals surface area contributed by atoms with Gasteiger partial charge in [-0.3, -0.25) is 4.79 Å². The third kappa shape index (κ3) is 4.69. The van der Waals surface area contributed by atoms with E-state index >= 15 is 0 Å². The Morgan fingerprint density at radius 2 is 1.94 bits per heavy atom.